The minimum absolute atomic E-state index is 0.0307. The third-order valence-corrected chi connectivity index (χ3v) is 4.77. The lowest BCUT2D eigenvalue weighted by atomic mass is 9.78. The Morgan fingerprint density at radius 3 is 2.77 bits per heavy atom. The molecule has 0 radical (unpaired) electrons. The van der Waals surface area contributed by atoms with Crippen molar-refractivity contribution in [3.05, 3.63) is 42.0 Å². The molecule has 0 unspecified atom stereocenters. The van der Waals surface area contributed by atoms with Crippen LogP contribution in [0.1, 0.15) is 18.5 Å². The maximum atomic E-state index is 13.0. The highest BCUT2D eigenvalue weighted by Crippen LogP contribution is 2.29. The predicted molar refractivity (Wildman–Crippen MR) is 95.0 cm³/mol. The van der Waals surface area contributed by atoms with Gasteiger partial charge in [-0.05, 0) is 50.2 Å². The molecule has 3 rings (SSSR count). The number of piperidine rings is 1. The van der Waals surface area contributed by atoms with Crippen LogP contribution in [0.3, 0.4) is 0 Å². The summed E-state index contributed by atoms with van der Waals surface area (Å²) in [6.07, 6.45) is 3.68. The fourth-order valence-electron chi connectivity index (χ4n) is 3.26. The van der Waals surface area contributed by atoms with Crippen molar-refractivity contribution in [3.63, 3.8) is 0 Å². The molecule has 6 nitrogen and oxygen atoms in total. The van der Waals surface area contributed by atoms with Gasteiger partial charge in [-0.1, -0.05) is 0 Å². The molecule has 1 aliphatic heterocycles. The number of methoxy groups -OCH3 is 1. The highest BCUT2D eigenvalue weighted by atomic mass is 19.1. The van der Waals surface area contributed by atoms with Crippen LogP contribution in [0.25, 0.3) is 11.5 Å². The first-order valence-electron chi connectivity index (χ1n) is 8.81. The smallest absolute Gasteiger partial charge is 0.228 e. The molecule has 1 amide bonds. The van der Waals surface area contributed by atoms with Gasteiger partial charge in [0.25, 0.3) is 0 Å². The zero-order valence-electron chi connectivity index (χ0n) is 14.9. The number of ether oxygens (including phenoxy) is 1. The molecule has 2 aromatic rings. The molecule has 7 heteroatoms. The topological polar surface area (TPSA) is 76.4 Å². The number of aromatic nitrogens is 1. The van der Waals surface area contributed by atoms with Crippen molar-refractivity contribution >= 4 is 5.91 Å². The van der Waals surface area contributed by atoms with E-state index < -0.39 is 5.41 Å². The summed E-state index contributed by atoms with van der Waals surface area (Å²) in [6, 6.07) is 5.98. The SMILES string of the molecule is COCC1(C(=O)NCCc2coc(-c3ccc(F)cc3)n2)CCNCC1. The van der Waals surface area contributed by atoms with E-state index in [9.17, 15) is 9.18 Å². The molecule has 0 atom stereocenters. The van der Waals surface area contributed by atoms with E-state index in [1.165, 1.54) is 12.1 Å². The Balaban J connectivity index is 1.54. The van der Waals surface area contributed by atoms with Crippen LogP contribution in [-0.2, 0) is 16.0 Å². The summed E-state index contributed by atoms with van der Waals surface area (Å²) in [5.41, 5.74) is 1.01. The summed E-state index contributed by atoms with van der Waals surface area (Å²) in [6.45, 7) is 2.55. The molecule has 1 saturated heterocycles. The summed E-state index contributed by atoms with van der Waals surface area (Å²) in [5, 5.41) is 6.28. The number of nitrogens with one attached hydrogen (secondary N) is 2. The Labute approximate surface area is 152 Å². The summed E-state index contributed by atoms with van der Waals surface area (Å²) < 4.78 is 23.7. The van der Waals surface area contributed by atoms with Crippen molar-refractivity contribution in [2.24, 2.45) is 5.41 Å². The molecule has 1 aromatic heterocycles. The van der Waals surface area contributed by atoms with Crippen LogP contribution >= 0.6 is 0 Å². The number of benzene rings is 1. The van der Waals surface area contributed by atoms with E-state index in [0.29, 0.717) is 25.5 Å². The molecular formula is C19H24FN3O3. The largest absolute Gasteiger partial charge is 0.444 e. The number of nitrogens with zero attached hydrogens (tertiary/aromatic N) is 1. The Hall–Kier alpha value is -2.25. The average molecular weight is 361 g/mol. The monoisotopic (exact) mass is 361 g/mol. The van der Waals surface area contributed by atoms with Crippen molar-refractivity contribution in [1.82, 2.24) is 15.6 Å². The first-order chi connectivity index (χ1) is 12.6. The zero-order valence-corrected chi connectivity index (χ0v) is 14.9. The van der Waals surface area contributed by atoms with E-state index in [0.717, 1.165) is 37.2 Å². The molecule has 140 valence electrons. The van der Waals surface area contributed by atoms with Gasteiger partial charge in [0.1, 0.15) is 12.1 Å². The van der Waals surface area contributed by atoms with Gasteiger partial charge in [-0.3, -0.25) is 4.79 Å². The van der Waals surface area contributed by atoms with E-state index in [1.54, 1.807) is 25.5 Å². The van der Waals surface area contributed by atoms with Crippen LogP contribution in [0.2, 0.25) is 0 Å². The van der Waals surface area contributed by atoms with Gasteiger partial charge in [-0.25, -0.2) is 9.37 Å². The highest BCUT2D eigenvalue weighted by molar-refractivity contribution is 5.83. The van der Waals surface area contributed by atoms with Gasteiger partial charge in [0.05, 0.1) is 17.7 Å². The predicted octanol–water partition coefficient (Wildman–Crippen LogP) is 2.16. The van der Waals surface area contributed by atoms with Gasteiger partial charge >= 0.3 is 0 Å². The van der Waals surface area contributed by atoms with Crippen LogP contribution in [0, 0.1) is 11.2 Å². The van der Waals surface area contributed by atoms with Gasteiger partial charge in [0, 0.05) is 25.6 Å². The second-order valence-corrected chi connectivity index (χ2v) is 6.62. The molecule has 0 bridgehead atoms. The van der Waals surface area contributed by atoms with Gasteiger partial charge in [-0.2, -0.15) is 0 Å². The number of carbonyl (C=O) groups is 1. The average Bonchev–Trinajstić information content (AvgIpc) is 3.12. The molecule has 0 spiro atoms. The molecule has 0 saturated carbocycles. The molecule has 26 heavy (non-hydrogen) atoms. The lowest BCUT2D eigenvalue weighted by Gasteiger charge is -2.35. The van der Waals surface area contributed by atoms with Crippen LogP contribution in [0.4, 0.5) is 4.39 Å². The third-order valence-electron chi connectivity index (χ3n) is 4.77. The summed E-state index contributed by atoms with van der Waals surface area (Å²) in [5.74, 6) is 0.176. The molecule has 1 aliphatic rings. The summed E-state index contributed by atoms with van der Waals surface area (Å²) >= 11 is 0. The van der Waals surface area contributed by atoms with Crippen molar-refractivity contribution in [2.45, 2.75) is 19.3 Å². The van der Waals surface area contributed by atoms with Crippen LogP contribution < -0.4 is 10.6 Å². The Morgan fingerprint density at radius 2 is 2.08 bits per heavy atom. The van der Waals surface area contributed by atoms with Crippen LogP contribution in [-0.4, -0.2) is 44.2 Å². The Bertz CT molecular complexity index is 718. The lowest BCUT2D eigenvalue weighted by Crippen LogP contribution is -2.50. The lowest BCUT2D eigenvalue weighted by molar-refractivity contribution is -0.136. The van der Waals surface area contributed by atoms with E-state index in [4.69, 9.17) is 9.15 Å². The second kappa shape index (κ2) is 8.42. The molecule has 2 heterocycles. The molecule has 2 N–H and O–H groups in total. The zero-order chi connectivity index (χ0) is 18.4. The number of halogens is 1. The van der Waals surface area contributed by atoms with E-state index in [-0.39, 0.29) is 11.7 Å². The van der Waals surface area contributed by atoms with Crippen molar-refractivity contribution in [1.29, 1.82) is 0 Å². The number of rotatable bonds is 7. The Kier molecular flexibility index (Phi) is 6.00. The van der Waals surface area contributed by atoms with Crippen LogP contribution in [0.15, 0.2) is 34.9 Å². The van der Waals surface area contributed by atoms with Crippen LogP contribution in [0.5, 0.6) is 0 Å². The molecule has 1 aromatic carbocycles. The first-order valence-corrected chi connectivity index (χ1v) is 8.81. The van der Waals surface area contributed by atoms with Crippen molar-refractivity contribution < 1.29 is 18.3 Å². The van der Waals surface area contributed by atoms with Crippen molar-refractivity contribution in [2.75, 3.05) is 33.4 Å². The third kappa shape index (κ3) is 4.28. The van der Waals surface area contributed by atoms with Crippen molar-refractivity contribution in [3.8, 4) is 11.5 Å². The maximum Gasteiger partial charge on any atom is 0.228 e. The summed E-state index contributed by atoms with van der Waals surface area (Å²) in [4.78, 5) is 17.1. The summed E-state index contributed by atoms with van der Waals surface area (Å²) in [7, 11) is 1.63. The number of hydrogen-bond donors (Lipinski definition) is 2. The first kappa shape index (κ1) is 18.5. The number of carbonyl (C=O) groups excluding carboxylic acids is 1. The fraction of sp³-hybridized carbons (Fsp3) is 0.474. The molecular weight excluding hydrogens is 337 g/mol. The highest BCUT2D eigenvalue weighted by Gasteiger charge is 2.39. The second-order valence-electron chi connectivity index (χ2n) is 6.62. The molecule has 1 fully saturated rings. The van der Waals surface area contributed by atoms with E-state index in [1.807, 2.05) is 0 Å². The maximum absolute atomic E-state index is 13.0. The fourth-order valence-corrected chi connectivity index (χ4v) is 3.26. The number of oxazole rings is 1. The number of amides is 1. The van der Waals surface area contributed by atoms with Gasteiger partial charge in [0.15, 0.2) is 0 Å². The van der Waals surface area contributed by atoms with E-state index in [2.05, 4.69) is 15.6 Å². The van der Waals surface area contributed by atoms with Gasteiger partial charge in [0.2, 0.25) is 11.8 Å². The standard InChI is InChI=1S/C19H24FN3O3/c1-25-13-19(7-10-21-11-8-19)18(24)22-9-6-16-12-26-17(23-16)14-2-4-15(20)5-3-14/h2-5,12,21H,6-11,13H2,1H3,(H,22,24). The number of hydrogen-bond acceptors (Lipinski definition) is 5. The molecule has 0 aliphatic carbocycles. The van der Waals surface area contributed by atoms with Gasteiger partial charge in [-0.15, -0.1) is 0 Å². The Morgan fingerprint density at radius 1 is 1.35 bits per heavy atom. The minimum Gasteiger partial charge on any atom is -0.444 e. The normalized spacial score (nSPS) is 16.4. The minimum atomic E-state index is -0.455. The van der Waals surface area contributed by atoms with E-state index >= 15 is 0 Å². The quantitative estimate of drug-likeness (QED) is 0.790. The van der Waals surface area contributed by atoms with Gasteiger partial charge < -0.3 is 19.8 Å².